The first kappa shape index (κ1) is 15.1. The van der Waals surface area contributed by atoms with Crippen molar-refractivity contribution >= 4 is 17.5 Å². The summed E-state index contributed by atoms with van der Waals surface area (Å²) in [5.41, 5.74) is 14.3. The van der Waals surface area contributed by atoms with Gasteiger partial charge in [0.1, 0.15) is 5.60 Å². The van der Waals surface area contributed by atoms with Crippen molar-refractivity contribution in [3.63, 3.8) is 0 Å². The Morgan fingerprint density at radius 3 is 2.42 bits per heavy atom. The van der Waals surface area contributed by atoms with Gasteiger partial charge in [-0.2, -0.15) is 0 Å². The van der Waals surface area contributed by atoms with Crippen molar-refractivity contribution in [2.24, 2.45) is 5.73 Å². The summed E-state index contributed by atoms with van der Waals surface area (Å²) in [6, 6.07) is 3.96. The maximum absolute atomic E-state index is 10.9. The lowest BCUT2D eigenvalue weighted by molar-refractivity contribution is 0.0461. The highest BCUT2D eigenvalue weighted by Crippen LogP contribution is 2.28. The lowest BCUT2D eigenvalue weighted by atomic mass is 9.95. The van der Waals surface area contributed by atoms with Crippen LogP contribution in [0.15, 0.2) is 12.1 Å². The maximum Gasteiger partial charge on any atom is 0.405 e. The Morgan fingerprint density at radius 1 is 1.37 bits per heavy atom. The molecule has 0 unspecified atom stereocenters. The van der Waals surface area contributed by atoms with E-state index in [0.717, 1.165) is 16.8 Å². The molecule has 1 rings (SSSR count). The summed E-state index contributed by atoms with van der Waals surface area (Å²) in [6.45, 7) is 5.64. The van der Waals surface area contributed by atoms with Gasteiger partial charge in [-0.3, -0.25) is 0 Å². The zero-order valence-electron chi connectivity index (χ0n) is 12.3. The molecule has 1 amide bonds. The highest BCUT2D eigenvalue weighted by atomic mass is 16.6. The highest BCUT2D eigenvalue weighted by molar-refractivity contribution is 5.66. The number of hydrogen-bond acceptors (Lipinski definition) is 4. The van der Waals surface area contributed by atoms with Crippen molar-refractivity contribution < 1.29 is 9.53 Å². The van der Waals surface area contributed by atoms with Crippen LogP contribution in [-0.2, 0) is 11.2 Å². The van der Waals surface area contributed by atoms with Crippen LogP contribution < -0.4 is 16.4 Å². The predicted octanol–water partition coefficient (Wildman–Crippen LogP) is 2.06. The minimum absolute atomic E-state index is 0.517. The fourth-order valence-electron chi connectivity index (χ4n) is 2.16. The SMILES string of the molecule is Cc1cc(N)c(CC(C)(C)OC(N)=O)cc1N(C)C. The number of nitrogens with two attached hydrogens (primary N) is 2. The van der Waals surface area contributed by atoms with Gasteiger partial charge >= 0.3 is 6.09 Å². The second kappa shape index (κ2) is 5.38. The van der Waals surface area contributed by atoms with E-state index in [0.29, 0.717) is 12.1 Å². The summed E-state index contributed by atoms with van der Waals surface area (Å²) in [7, 11) is 3.96. The second-order valence-electron chi connectivity index (χ2n) is 5.59. The van der Waals surface area contributed by atoms with Crippen LogP contribution in [0.2, 0.25) is 0 Å². The molecule has 19 heavy (non-hydrogen) atoms. The summed E-state index contributed by atoms with van der Waals surface area (Å²) < 4.78 is 5.10. The number of nitrogen functional groups attached to an aromatic ring is 1. The molecule has 1 aromatic rings. The molecule has 0 bridgehead atoms. The molecular formula is C14H23N3O2. The Bertz CT molecular complexity index is 482. The van der Waals surface area contributed by atoms with Crippen molar-refractivity contribution in [1.29, 1.82) is 0 Å². The van der Waals surface area contributed by atoms with Gasteiger partial charge in [-0.05, 0) is 44.0 Å². The Kier molecular flexibility index (Phi) is 4.29. The van der Waals surface area contributed by atoms with Crippen molar-refractivity contribution in [2.45, 2.75) is 32.8 Å². The van der Waals surface area contributed by atoms with Gasteiger partial charge in [0, 0.05) is 31.9 Å². The molecule has 0 fully saturated rings. The van der Waals surface area contributed by atoms with Gasteiger partial charge in [-0.1, -0.05) is 0 Å². The largest absolute Gasteiger partial charge is 0.443 e. The van der Waals surface area contributed by atoms with Gasteiger partial charge in [-0.25, -0.2) is 4.79 Å². The van der Waals surface area contributed by atoms with Crippen LogP contribution in [0.4, 0.5) is 16.2 Å². The second-order valence-corrected chi connectivity index (χ2v) is 5.59. The molecule has 0 atom stereocenters. The molecule has 4 N–H and O–H groups in total. The smallest absolute Gasteiger partial charge is 0.405 e. The quantitative estimate of drug-likeness (QED) is 0.816. The molecule has 0 aliphatic heterocycles. The zero-order chi connectivity index (χ0) is 14.8. The first-order chi connectivity index (χ1) is 8.62. The van der Waals surface area contributed by atoms with E-state index < -0.39 is 11.7 Å². The summed E-state index contributed by atoms with van der Waals surface area (Å²) in [5.74, 6) is 0. The van der Waals surface area contributed by atoms with Crippen LogP contribution in [0, 0.1) is 6.92 Å². The van der Waals surface area contributed by atoms with Crippen molar-refractivity contribution in [1.82, 2.24) is 0 Å². The average molecular weight is 265 g/mol. The van der Waals surface area contributed by atoms with Gasteiger partial charge in [0.05, 0.1) is 0 Å². The van der Waals surface area contributed by atoms with Gasteiger partial charge in [0.15, 0.2) is 0 Å². The van der Waals surface area contributed by atoms with E-state index in [4.69, 9.17) is 16.2 Å². The number of carbonyl (C=O) groups is 1. The molecule has 5 heteroatoms. The molecule has 106 valence electrons. The summed E-state index contributed by atoms with van der Waals surface area (Å²) in [5, 5.41) is 0. The number of ether oxygens (including phenoxy) is 1. The molecule has 0 saturated heterocycles. The minimum Gasteiger partial charge on any atom is -0.443 e. The zero-order valence-corrected chi connectivity index (χ0v) is 12.3. The number of nitrogens with zero attached hydrogens (tertiary/aromatic N) is 1. The van der Waals surface area contributed by atoms with Crippen LogP contribution in [0.25, 0.3) is 0 Å². The molecule has 0 aliphatic rings. The van der Waals surface area contributed by atoms with Gasteiger partial charge in [-0.15, -0.1) is 0 Å². The molecule has 0 radical (unpaired) electrons. The molecule has 5 nitrogen and oxygen atoms in total. The Balaban J connectivity index is 3.07. The summed E-state index contributed by atoms with van der Waals surface area (Å²) in [6.07, 6.45) is -0.258. The van der Waals surface area contributed by atoms with Crippen LogP contribution in [-0.4, -0.2) is 25.8 Å². The molecule has 0 spiro atoms. The molecule has 0 aliphatic carbocycles. The van der Waals surface area contributed by atoms with Crippen LogP contribution in [0.1, 0.15) is 25.0 Å². The van der Waals surface area contributed by atoms with E-state index in [1.54, 1.807) is 0 Å². The fourth-order valence-corrected chi connectivity index (χ4v) is 2.16. The van der Waals surface area contributed by atoms with E-state index >= 15 is 0 Å². The number of amides is 1. The van der Waals surface area contributed by atoms with Crippen LogP contribution in [0.3, 0.4) is 0 Å². The highest BCUT2D eigenvalue weighted by Gasteiger charge is 2.24. The van der Waals surface area contributed by atoms with E-state index in [2.05, 4.69) is 0 Å². The summed E-state index contributed by atoms with van der Waals surface area (Å²) in [4.78, 5) is 12.9. The lowest BCUT2D eigenvalue weighted by Gasteiger charge is -2.26. The van der Waals surface area contributed by atoms with E-state index in [1.807, 2.05) is 51.9 Å². The first-order valence-corrected chi connectivity index (χ1v) is 6.17. The number of aryl methyl sites for hydroxylation is 1. The monoisotopic (exact) mass is 265 g/mol. The number of anilines is 2. The average Bonchev–Trinajstić information content (AvgIpc) is 2.19. The van der Waals surface area contributed by atoms with E-state index in [1.165, 1.54) is 0 Å². The Labute approximate surface area is 114 Å². The van der Waals surface area contributed by atoms with Crippen LogP contribution >= 0.6 is 0 Å². The summed E-state index contributed by atoms with van der Waals surface area (Å²) >= 11 is 0. The predicted molar refractivity (Wildman–Crippen MR) is 78.4 cm³/mol. The molecule has 0 saturated carbocycles. The van der Waals surface area contributed by atoms with Gasteiger partial charge in [0.2, 0.25) is 0 Å². The van der Waals surface area contributed by atoms with E-state index in [9.17, 15) is 4.79 Å². The van der Waals surface area contributed by atoms with Crippen LogP contribution in [0.5, 0.6) is 0 Å². The van der Waals surface area contributed by atoms with E-state index in [-0.39, 0.29) is 0 Å². The topological polar surface area (TPSA) is 81.6 Å². The number of benzene rings is 1. The van der Waals surface area contributed by atoms with Crippen molar-refractivity contribution in [3.8, 4) is 0 Å². The Hall–Kier alpha value is -1.91. The molecule has 1 aromatic carbocycles. The third kappa shape index (κ3) is 4.05. The van der Waals surface area contributed by atoms with Crippen molar-refractivity contribution in [3.05, 3.63) is 23.3 Å². The number of hydrogen-bond donors (Lipinski definition) is 2. The van der Waals surface area contributed by atoms with Crippen molar-refractivity contribution in [2.75, 3.05) is 24.7 Å². The number of rotatable bonds is 4. The molecular weight excluding hydrogens is 242 g/mol. The first-order valence-electron chi connectivity index (χ1n) is 6.17. The molecule has 0 heterocycles. The maximum atomic E-state index is 10.9. The standard InChI is InChI=1S/C14H23N3O2/c1-9-6-11(15)10(7-12(9)17(4)5)8-14(2,3)19-13(16)18/h6-7H,8,15H2,1-5H3,(H2,16,18). The van der Waals surface area contributed by atoms with Gasteiger partial charge in [0.25, 0.3) is 0 Å². The molecule has 0 aromatic heterocycles. The fraction of sp³-hybridized carbons (Fsp3) is 0.500. The third-order valence-corrected chi connectivity index (χ3v) is 2.93. The minimum atomic E-state index is -0.775. The third-order valence-electron chi connectivity index (χ3n) is 2.93. The Morgan fingerprint density at radius 2 is 1.95 bits per heavy atom. The number of carbonyl (C=O) groups excluding carboxylic acids is 1. The van der Waals surface area contributed by atoms with Gasteiger partial charge < -0.3 is 21.1 Å². The normalized spacial score (nSPS) is 11.2. The number of primary amides is 1. The lowest BCUT2D eigenvalue weighted by Crippen LogP contribution is -2.33.